The molecule has 2 aromatic rings. The number of hydrogen-bond donors (Lipinski definition) is 3. The van der Waals surface area contributed by atoms with E-state index in [1.165, 1.54) is 0 Å². The molecule has 0 amide bonds. The van der Waals surface area contributed by atoms with Gasteiger partial charge in [-0.15, -0.1) is 0 Å². The number of nitrogens with one attached hydrogen (secondary N) is 2. The highest BCUT2D eigenvalue weighted by molar-refractivity contribution is 9.10. The third kappa shape index (κ3) is 5.61. The zero-order chi connectivity index (χ0) is 20.8. The number of nitrogens with zero attached hydrogens (tertiary/aromatic N) is 3. The Kier molecular flexibility index (Phi) is 7.33. The number of allylic oxidation sites excluding steroid dienone is 1. The molecule has 4 N–H and O–H groups in total. The fourth-order valence-corrected chi connectivity index (χ4v) is 3.45. The molecule has 0 bridgehead atoms. The van der Waals surface area contributed by atoms with E-state index in [-0.39, 0.29) is 11.7 Å². The zero-order valence-electron chi connectivity index (χ0n) is 16.6. The van der Waals surface area contributed by atoms with E-state index in [1.54, 1.807) is 36.7 Å². The highest BCUT2D eigenvalue weighted by atomic mass is 79.9. The summed E-state index contributed by atoms with van der Waals surface area (Å²) >= 11 is 3.22. The quantitative estimate of drug-likeness (QED) is 0.569. The van der Waals surface area contributed by atoms with Crippen molar-refractivity contribution in [3.05, 3.63) is 52.0 Å². The molecule has 1 aromatic heterocycles. The van der Waals surface area contributed by atoms with Crippen molar-refractivity contribution in [3.63, 3.8) is 0 Å². The summed E-state index contributed by atoms with van der Waals surface area (Å²) in [6, 6.07) is 7.19. The van der Waals surface area contributed by atoms with Crippen LogP contribution in [0.4, 0.5) is 10.3 Å². The number of benzene rings is 1. The van der Waals surface area contributed by atoms with E-state index in [2.05, 4.69) is 41.5 Å². The number of halogens is 2. The third-order valence-electron chi connectivity index (χ3n) is 4.64. The van der Waals surface area contributed by atoms with Crippen LogP contribution in [0.3, 0.4) is 0 Å². The second-order valence-electron chi connectivity index (χ2n) is 7.23. The van der Waals surface area contributed by atoms with E-state index in [4.69, 9.17) is 5.73 Å². The van der Waals surface area contributed by atoms with Gasteiger partial charge in [0.2, 0.25) is 5.95 Å². The monoisotopic (exact) mass is 460 g/mol. The van der Waals surface area contributed by atoms with Crippen LogP contribution in [0.1, 0.15) is 37.9 Å². The van der Waals surface area contributed by atoms with Crippen LogP contribution >= 0.6 is 15.9 Å². The maximum Gasteiger partial charge on any atom is 0.223 e. The topological polar surface area (TPSA) is 88.2 Å². The van der Waals surface area contributed by atoms with Crippen LogP contribution in [0.25, 0.3) is 11.3 Å². The average molecular weight is 461 g/mol. The fraction of sp³-hybridized carbons (Fsp3) is 0.381. The third-order valence-corrected chi connectivity index (χ3v) is 5.25. The van der Waals surface area contributed by atoms with Crippen LogP contribution in [-0.4, -0.2) is 41.4 Å². The Bertz CT molecular complexity index is 906. The first kappa shape index (κ1) is 21.4. The highest BCUT2D eigenvalue weighted by Gasteiger charge is 2.17. The molecule has 3 rings (SSSR count). The van der Waals surface area contributed by atoms with Crippen LogP contribution in [0.15, 0.2) is 39.9 Å². The molecule has 1 aromatic carbocycles. The van der Waals surface area contributed by atoms with Crippen molar-refractivity contribution in [2.75, 3.05) is 18.4 Å². The standard InChI is InChI=1S/C21H26BrFN6/c1-13(2)27-12-16(20(24)15-4-3-5-17(22)19(15)23)18-8-11-26-21(29-18)28-14-6-9-25-10-7-14/h3-5,8,11-14,25H,6-7,9-10,24H2,1-2H3,(H,26,28,29)/b20-16+,27-12?. The normalized spacial score (nSPS) is 16.3. The minimum atomic E-state index is -0.414. The fourth-order valence-electron chi connectivity index (χ4n) is 3.08. The van der Waals surface area contributed by atoms with Crippen molar-refractivity contribution in [1.82, 2.24) is 15.3 Å². The molecule has 8 heteroatoms. The van der Waals surface area contributed by atoms with Gasteiger partial charge in [-0.25, -0.2) is 14.4 Å². The van der Waals surface area contributed by atoms with Gasteiger partial charge in [-0.05, 0) is 73.9 Å². The van der Waals surface area contributed by atoms with E-state index in [1.807, 2.05) is 13.8 Å². The van der Waals surface area contributed by atoms with Crippen LogP contribution in [0, 0.1) is 5.82 Å². The Morgan fingerprint density at radius 3 is 2.83 bits per heavy atom. The summed E-state index contributed by atoms with van der Waals surface area (Å²) in [5.74, 6) is 0.120. The Morgan fingerprint density at radius 1 is 1.34 bits per heavy atom. The Hall–Kier alpha value is -2.32. The molecule has 0 spiro atoms. The predicted octanol–water partition coefficient (Wildman–Crippen LogP) is 3.85. The van der Waals surface area contributed by atoms with Gasteiger partial charge in [0.25, 0.3) is 0 Å². The second-order valence-corrected chi connectivity index (χ2v) is 8.09. The Labute approximate surface area is 179 Å². The van der Waals surface area contributed by atoms with Crippen LogP contribution < -0.4 is 16.4 Å². The first-order valence-electron chi connectivity index (χ1n) is 9.73. The lowest BCUT2D eigenvalue weighted by molar-refractivity contribution is 0.477. The predicted molar refractivity (Wildman–Crippen MR) is 120 cm³/mol. The molecule has 1 aliphatic heterocycles. The molecule has 1 aliphatic rings. The summed E-state index contributed by atoms with van der Waals surface area (Å²) < 4.78 is 15.0. The molecule has 154 valence electrons. The summed E-state index contributed by atoms with van der Waals surface area (Å²) in [5, 5.41) is 6.73. The molecule has 6 nitrogen and oxygen atoms in total. The molecule has 0 atom stereocenters. The van der Waals surface area contributed by atoms with Crippen molar-refractivity contribution < 1.29 is 4.39 Å². The number of hydrogen-bond acceptors (Lipinski definition) is 6. The molecule has 29 heavy (non-hydrogen) atoms. The first-order valence-corrected chi connectivity index (χ1v) is 10.5. The molecular formula is C21H26BrFN6. The summed E-state index contributed by atoms with van der Waals surface area (Å²) in [6.45, 7) is 5.87. The highest BCUT2D eigenvalue weighted by Crippen LogP contribution is 2.27. The number of rotatable bonds is 6. The lowest BCUT2D eigenvalue weighted by atomic mass is 10.0. The van der Waals surface area contributed by atoms with Gasteiger partial charge in [0, 0.05) is 35.6 Å². The van der Waals surface area contributed by atoms with Gasteiger partial charge in [-0.2, -0.15) is 0 Å². The first-order chi connectivity index (χ1) is 14.0. The number of aliphatic imine (C=N–C) groups is 1. The molecule has 1 fully saturated rings. The van der Waals surface area contributed by atoms with Crippen LogP contribution in [-0.2, 0) is 0 Å². The summed E-state index contributed by atoms with van der Waals surface area (Å²) in [6.07, 6.45) is 5.36. The van der Waals surface area contributed by atoms with Gasteiger partial charge in [-0.3, -0.25) is 4.99 Å². The lowest BCUT2D eigenvalue weighted by Crippen LogP contribution is -2.35. The van der Waals surface area contributed by atoms with E-state index in [0.29, 0.717) is 33.3 Å². The van der Waals surface area contributed by atoms with Crippen molar-refractivity contribution in [2.45, 2.75) is 38.8 Å². The van der Waals surface area contributed by atoms with Crippen LogP contribution in [0.2, 0.25) is 0 Å². The average Bonchev–Trinajstić information content (AvgIpc) is 2.71. The number of anilines is 1. The van der Waals surface area contributed by atoms with Gasteiger partial charge in [0.15, 0.2) is 0 Å². The van der Waals surface area contributed by atoms with E-state index in [0.717, 1.165) is 25.9 Å². The van der Waals surface area contributed by atoms with Gasteiger partial charge in [-0.1, -0.05) is 6.07 Å². The molecule has 0 radical (unpaired) electrons. The van der Waals surface area contributed by atoms with Crippen molar-refractivity contribution in [1.29, 1.82) is 0 Å². The van der Waals surface area contributed by atoms with Crippen LogP contribution in [0.5, 0.6) is 0 Å². The Morgan fingerprint density at radius 2 is 2.10 bits per heavy atom. The number of aromatic nitrogens is 2. The molecule has 0 unspecified atom stereocenters. The largest absolute Gasteiger partial charge is 0.398 e. The summed E-state index contributed by atoms with van der Waals surface area (Å²) in [7, 11) is 0. The maximum absolute atomic E-state index is 14.7. The Balaban J connectivity index is 2.00. The maximum atomic E-state index is 14.7. The zero-order valence-corrected chi connectivity index (χ0v) is 18.2. The molecule has 2 heterocycles. The molecule has 1 saturated heterocycles. The number of piperidine rings is 1. The van der Waals surface area contributed by atoms with Crippen molar-refractivity contribution >= 4 is 39.4 Å². The molecular weight excluding hydrogens is 435 g/mol. The second kappa shape index (κ2) is 9.93. The van der Waals surface area contributed by atoms with E-state index in [9.17, 15) is 4.39 Å². The van der Waals surface area contributed by atoms with Crippen molar-refractivity contribution in [2.24, 2.45) is 10.7 Å². The minimum Gasteiger partial charge on any atom is -0.398 e. The smallest absolute Gasteiger partial charge is 0.223 e. The van der Waals surface area contributed by atoms with Gasteiger partial charge >= 0.3 is 0 Å². The van der Waals surface area contributed by atoms with Gasteiger partial charge in [0.1, 0.15) is 5.82 Å². The minimum absolute atomic E-state index is 0.0688. The van der Waals surface area contributed by atoms with E-state index < -0.39 is 5.82 Å². The number of nitrogens with two attached hydrogens (primary N) is 1. The summed E-state index contributed by atoms with van der Waals surface area (Å²) in [5.41, 5.74) is 8.14. The van der Waals surface area contributed by atoms with Gasteiger partial charge < -0.3 is 16.4 Å². The summed E-state index contributed by atoms with van der Waals surface area (Å²) in [4.78, 5) is 13.4. The lowest BCUT2D eigenvalue weighted by Gasteiger charge is -2.23. The van der Waals surface area contributed by atoms with E-state index >= 15 is 0 Å². The molecule has 0 aliphatic carbocycles. The van der Waals surface area contributed by atoms with Crippen molar-refractivity contribution in [3.8, 4) is 0 Å². The SMILES string of the molecule is CC(C)N=C/C(=C(\N)c1cccc(Br)c1F)c1ccnc(NC2CCNCC2)n1. The molecule has 0 saturated carbocycles. The van der Waals surface area contributed by atoms with Gasteiger partial charge in [0.05, 0.1) is 15.9 Å².